The number of aliphatic hydroxyl groups is 1. The van der Waals surface area contributed by atoms with Crippen molar-refractivity contribution in [2.45, 2.75) is 24.5 Å². The first-order valence-corrected chi connectivity index (χ1v) is 7.90. The van der Waals surface area contributed by atoms with Gasteiger partial charge in [-0.25, -0.2) is 0 Å². The van der Waals surface area contributed by atoms with Gasteiger partial charge in [0.05, 0.1) is 5.60 Å². The lowest BCUT2D eigenvalue weighted by molar-refractivity contribution is -0.145. The third-order valence-corrected chi connectivity index (χ3v) is 4.65. The Hall–Kier alpha value is -2.17. The zero-order valence-corrected chi connectivity index (χ0v) is 12.9. The molecular formula is C19H21NO3. The second-order valence-corrected chi connectivity index (χ2v) is 6.09. The van der Waals surface area contributed by atoms with Crippen LogP contribution in [0.25, 0.3) is 0 Å². The molecule has 0 aliphatic carbocycles. The lowest BCUT2D eigenvalue weighted by atomic mass is 9.83. The van der Waals surface area contributed by atoms with Crippen LogP contribution < -0.4 is 0 Å². The van der Waals surface area contributed by atoms with Crippen molar-refractivity contribution in [1.29, 1.82) is 0 Å². The van der Waals surface area contributed by atoms with E-state index in [-0.39, 0.29) is 0 Å². The highest BCUT2D eigenvalue weighted by molar-refractivity contribution is 5.75. The predicted molar refractivity (Wildman–Crippen MR) is 88.0 cm³/mol. The van der Waals surface area contributed by atoms with E-state index in [2.05, 4.69) is 0 Å². The van der Waals surface area contributed by atoms with Gasteiger partial charge in [-0.3, -0.25) is 9.69 Å². The average molecular weight is 311 g/mol. The molecule has 1 aliphatic rings. The number of carboxylic acid groups (broad SMARTS) is 1. The van der Waals surface area contributed by atoms with Gasteiger partial charge in [0.2, 0.25) is 0 Å². The first kappa shape index (κ1) is 15.7. The minimum Gasteiger partial charge on any atom is -0.480 e. The van der Waals surface area contributed by atoms with E-state index in [1.807, 2.05) is 65.6 Å². The third kappa shape index (κ3) is 3.28. The van der Waals surface area contributed by atoms with Crippen LogP contribution in [0.2, 0.25) is 0 Å². The van der Waals surface area contributed by atoms with Crippen molar-refractivity contribution in [3.8, 4) is 0 Å². The molecule has 120 valence electrons. The van der Waals surface area contributed by atoms with Gasteiger partial charge in [0.1, 0.15) is 6.04 Å². The van der Waals surface area contributed by atoms with E-state index in [9.17, 15) is 15.0 Å². The van der Waals surface area contributed by atoms with Crippen LogP contribution in [0.5, 0.6) is 0 Å². The predicted octanol–water partition coefficient (Wildman–Crippen LogP) is 2.80. The number of carboxylic acids is 1. The second kappa shape index (κ2) is 6.52. The highest BCUT2D eigenvalue weighted by atomic mass is 16.4. The molecule has 2 N–H and O–H groups in total. The summed E-state index contributed by atoms with van der Waals surface area (Å²) in [6.07, 6.45) is 1.07. The zero-order chi connectivity index (χ0) is 16.3. The summed E-state index contributed by atoms with van der Waals surface area (Å²) >= 11 is 0. The minimum atomic E-state index is -0.864. The zero-order valence-electron chi connectivity index (χ0n) is 12.9. The summed E-state index contributed by atoms with van der Waals surface area (Å²) < 4.78 is 0. The summed E-state index contributed by atoms with van der Waals surface area (Å²) in [5, 5.41) is 20.5. The molecule has 0 spiro atoms. The first-order chi connectivity index (χ1) is 11.1. The number of likely N-dealkylation sites (tertiary alicyclic amines) is 1. The standard InChI is InChI=1S/C19H21NO3/c21-18(22)17(15-7-3-1-4-8-15)20-13-11-19(23,12-14-20)16-9-5-2-6-10-16/h1-10,17,23H,11-14H2,(H,21,22)/t17-/m0/s1. The van der Waals surface area contributed by atoms with Crippen LogP contribution >= 0.6 is 0 Å². The molecule has 4 nitrogen and oxygen atoms in total. The molecule has 2 aromatic carbocycles. The van der Waals surface area contributed by atoms with E-state index in [0.717, 1.165) is 11.1 Å². The van der Waals surface area contributed by atoms with Crippen molar-refractivity contribution in [2.24, 2.45) is 0 Å². The molecule has 0 aromatic heterocycles. The maximum Gasteiger partial charge on any atom is 0.325 e. The Morgan fingerprint density at radius 1 is 0.957 bits per heavy atom. The molecule has 2 aromatic rings. The molecule has 0 saturated carbocycles. The van der Waals surface area contributed by atoms with Gasteiger partial charge in [-0.15, -0.1) is 0 Å². The van der Waals surface area contributed by atoms with Crippen molar-refractivity contribution in [1.82, 2.24) is 4.90 Å². The number of benzene rings is 2. The summed E-state index contributed by atoms with van der Waals surface area (Å²) in [6, 6.07) is 18.3. The monoisotopic (exact) mass is 311 g/mol. The van der Waals surface area contributed by atoms with Gasteiger partial charge in [0.15, 0.2) is 0 Å². The average Bonchev–Trinajstić information content (AvgIpc) is 2.58. The SMILES string of the molecule is O=C(O)[C@H](c1ccccc1)N1CCC(O)(c2ccccc2)CC1. The number of piperidine rings is 1. The van der Waals surface area contributed by atoms with Crippen LogP contribution in [0.15, 0.2) is 60.7 Å². The molecule has 0 radical (unpaired) electrons. The van der Waals surface area contributed by atoms with E-state index in [4.69, 9.17) is 0 Å². The van der Waals surface area contributed by atoms with Crippen molar-refractivity contribution < 1.29 is 15.0 Å². The largest absolute Gasteiger partial charge is 0.480 e. The van der Waals surface area contributed by atoms with E-state index in [1.165, 1.54) is 0 Å². The molecule has 1 fully saturated rings. The summed E-state index contributed by atoms with van der Waals surface area (Å²) in [4.78, 5) is 13.7. The summed E-state index contributed by atoms with van der Waals surface area (Å²) in [6.45, 7) is 1.11. The Bertz CT molecular complexity index is 649. The van der Waals surface area contributed by atoms with Gasteiger partial charge in [-0.1, -0.05) is 60.7 Å². The van der Waals surface area contributed by atoms with Crippen molar-refractivity contribution in [3.05, 3.63) is 71.8 Å². The molecule has 0 unspecified atom stereocenters. The normalized spacial score (nSPS) is 19.2. The highest BCUT2D eigenvalue weighted by Gasteiger charge is 2.38. The molecule has 23 heavy (non-hydrogen) atoms. The lowest BCUT2D eigenvalue weighted by Crippen LogP contribution is -2.45. The van der Waals surface area contributed by atoms with Crippen molar-refractivity contribution >= 4 is 5.97 Å². The van der Waals surface area contributed by atoms with Gasteiger partial charge in [-0.2, -0.15) is 0 Å². The van der Waals surface area contributed by atoms with Gasteiger partial charge < -0.3 is 10.2 Å². The summed E-state index contributed by atoms with van der Waals surface area (Å²) in [5.41, 5.74) is 0.828. The Balaban J connectivity index is 1.76. The smallest absolute Gasteiger partial charge is 0.325 e. The molecule has 0 amide bonds. The number of hydrogen-bond donors (Lipinski definition) is 2. The van der Waals surface area contributed by atoms with Crippen LogP contribution in [-0.4, -0.2) is 34.2 Å². The Labute approximate surface area is 136 Å². The van der Waals surface area contributed by atoms with Crippen LogP contribution in [0.1, 0.15) is 30.0 Å². The Morgan fingerprint density at radius 3 is 2.00 bits per heavy atom. The number of nitrogens with zero attached hydrogens (tertiary/aromatic N) is 1. The number of aliphatic carboxylic acids is 1. The van der Waals surface area contributed by atoms with Crippen LogP contribution in [0, 0.1) is 0 Å². The van der Waals surface area contributed by atoms with Gasteiger partial charge in [0.25, 0.3) is 0 Å². The maximum absolute atomic E-state index is 11.7. The first-order valence-electron chi connectivity index (χ1n) is 7.90. The molecule has 1 aliphatic heterocycles. The molecule has 0 bridgehead atoms. The molecule has 1 saturated heterocycles. The number of hydrogen-bond acceptors (Lipinski definition) is 3. The minimum absolute atomic E-state index is 0.535. The Morgan fingerprint density at radius 2 is 1.48 bits per heavy atom. The Kier molecular flexibility index (Phi) is 4.46. The summed E-state index contributed by atoms with van der Waals surface area (Å²) in [5.74, 6) is -0.846. The fourth-order valence-corrected chi connectivity index (χ4v) is 3.33. The van der Waals surface area contributed by atoms with E-state index in [0.29, 0.717) is 25.9 Å². The summed E-state index contributed by atoms with van der Waals surface area (Å²) in [7, 11) is 0. The molecule has 3 rings (SSSR count). The van der Waals surface area contributed by atoms with E-state index >= 15 is 0 Å². The number of carbonyl (C=O) groups is 1. The fraction of sp³-hybridized carbons (Fsp3) is 0.316. The van der Waals surface area contributed by atoms with Gasteiger partial charge >= 0.3 is 5.97 Å². The lowest BCUT2D eigenvalue weighted by Gasteiger charge is -2.40. The van der Waals surface area contributed by atoms with Crippen LogP contribution in [-0.2, 0) is 10.4 Å². The van der Waals surface area contributed by atoms with Crippen LogP contribution in [0.3, 0.4) is 0 Å². The van der Waals surface area contributed by atoms with Gasteiger partial charge in [0, 0.05) is 13.1 Å². The van der Waals surface area contributed by atoms with Crippen molar-refractivity contribution in [2.75, 3.05) is 13.1 Å². The quantitative estimate of drug-likeness (QED) is 0.911. The second-order valence-electron chi connectivity index (χ2n) is 6.09. The fourth-order valence-electron chi connectivity index (χ4n) is 3.33. The van der Waals surface area contributed by atoms with E-state index < -0.39 is 17.6 Å². The number of rotatable bonds is 4. The van der Waals surface area contributed by atoms with Crippen LogP contribution in [0.4, 0.5) is 0 Å². The van der Waals surface area contributed by atoms with Crippen molar-refractivity contribution in [3.63, 3.8) is 0 Å². The highest BCUT2D eigenvalue weighted by Crippen LogP contribution is 2.35. The molecular weight excluding hydrogens is 290 g/mol. The molecule has 4 heteroatoms. The van der Waals surface area contributed by atoms with E-state index in [1.54, 1.807) is 0 Å². The van der Waals surface area contributed by atoms with Gasteiger partial charge in [-0.05, 0) is 24.0 Å². The third-order valence-electron chi connectivity index (χ3n) is 4.65. The maximum atomic E-state index is 11.7. The molecule has 1 atom stereocenters. The topological polar surface area (TPSA) is 60.8 Å². The molecule has 1 heterocycles.